The molecule has 0 radical (unpaired) electrons. The Labute approximate surface area is 273 Å². The fourth-order valence-electron chi connectivity index (χ4n) is 8.18. The van der Waals surface area contributed by atoms with Gasteiger partial charge in [0.15, 0.2) is 0 Å². The SMILES string of the molecule is c1ccc(-n2c3ccccc3c3c4nccnc4c4c5ccccc5n(-c5cccc6c7ccccc7c7cccnc7c56)c4c32)cc1. The van der Waals surface area contributed by atoms with E-state index >= 15 is 0 Å². The topological polar surface area (TPSA) is 48.5 Å². The first kappa shape index (κ1) is 25.6. The van der Waals surface area contributed by atoms with Crippen LogP contribution in [0.5, 0.6) is 0 Å². The molecule has 0 bridgehead atoms. The van der Waals surface area contributed by atoms with Gasteiger partial charge < -0.3 is 9.13 Å². The van der Waals surface area contributed by atoms with Crippen LogP contribution in [0.1, 0.15) is 0 Å². The molecule has 0 unspecified atom stereocenters. The van der Waals surface area contributed by atoms with Crippen LogP contribution >= 0.6 is 0 Å². The highest BCUT2D eigenvalue weighted by molar-refractivity contribution is 6.35. The number of aromatic nitrogens is 5. The summed E-state index contributed by atoms with van der Waals surface area (Å²) in [4.78, 5) is 15.2. The van der Waals surface area contributed by atoms with Gasteiger partial charge in [-0.3, -0.25) is 15.0 Å². The zero-order chi connectivity index (χ0) is 31.3. The number of fused-ring (bicyclic) bond motifs is 16. The molecule has 222 valence electrons. The van der Waals surface area contributed by atoms with E-state index in [-0.39, 0.29) is 0 Å². The van der Waals surface area contributed by atoms with Crippen molar-refractivity contribution in [2.75, 3.05) is 0 Å². The highest BCUT2D eigenvalue weighted by Crippen LogP contribution is 2.47. The molecule has 0 aliphatic heterocycles. The van der Waals surface area contributed by atoms with Crippen LogP contribution in [-0.2, 0) is 0 Å². The van der Waals surface area contributed by atoms with Gasteiger partial charge in [-0.05, 0) is 52.6 Å². The number of rotatable bonds is 2. The average Bonchev–Trinajstić information content (AvgIpc) is 3.69. The quantitative estimate of drug-likeness (QED) is 0.183. The van der Waals surface area contributed by atoms with Crippen molar-refractivity contribution >= 4 is 87.1 Å². The second-order valence-corrected chi connectivity index (χ2v) is 12.4. The van der Waals surface area contributed by atoms with Crippen LogP contribution in [0.25, 0.3) is 98.5 Å². The van der Waals surface area contributed by atoms with E-state index in [1.165, 1.54) is 16.2 Å². The third kappa shape index (κ3) is 3.22. The van der Waals surface area contributed by atoms with E-state index in [0.717, 1.165) is 82.3 Å². The fourth-order valence-corrected chi connectivity index (χ4v) is 8.18. The summed E-state index contributed by atoms with van der Waals surface area (Å²) in [6.45, 7) is 0. The zero-order valence-electron chi connectivity index (χ0n) is 25.7. The van der Waals surface area contributed by atoms with E-state index < -0.39 is 0 Å². The Hall–Kier alpha value is -6.59. The zero-order valence-corrected chi connectivity index (χ0v) is 25.7. The van der Waals surface area contributed by atoms with Gasteiger partial charge in [-0.15, -0.1) is 0 Å². The molecule has 7 aromatic carbocycles. The van der Waals surface area contributed by atoms with Gasteiger partial charge in [-0.2, -0.15) is 0 Å². The molecule has 4 heterocycles. The molecule has 0 aliphatic rings. The number of pyridine rings is 1. The number of para-hydroxylation sites is 3. The molecule has 0 N–H and O–H groups in total. The van der Waals surface area contributed by atoms with Gasteiger partial charge in [0.25, 0.3) is 0 Å². The van der Waals surface area contributed by atoms with Crippen molar-refractivity contribution in [3.8, 4) is 11.4 Å². The van der Waals surface area contributed by atoms with Crippen molar-refractivity contribution in [2.45, 2.75) is 0 Å². The molecule has 0 atom stereocenters. The van der Waals surface area contributed by atoms with Crippen molar-refractivity contribution in [3.63, 3.8) is 0 Å². The van der Waals surface area contributed by atoms with Crippen LogP contribution in [0.15, 0.2) is 152 Å². The molecule has 0 aliphatic carbocycles. The Morgan fingerprint density at radius 1 is 0.333 bits per heavy atom. The van der Waals surface area contributed by atoms with E-state index in [9.17, 15) is 0 Å². The molecule has 5 nitrogen and oxygen atoms in total. The molecule has 48 heavy (non-hydrogen) atoms. The van der Waals surface area contributed by atoms with E-state index in [1.54, 1.807) is 0 Å². The van der Waals surface area contributed by atoms with Crippen LogP contribution in [0.2, 0.25) is 0 Å². The summed E-state index contributed by atoms with van der Waals surface area (Å²) >= 11 is 0. The van der Waals surface area contributed by atoms with Gasteiger partial charge in [0.05, 0.1) is 44.3 Å². The van der Waals surface area contributed by atoms with Crippen LogP contribution in [-0.4, -0.2) is 24.1 Å². The first-order valence-electron chi connectivity index (χ1n) is 16.2. The van der Waals surface area contributed by atoms with E-state index in [4.69, 9.17) is 15.0 Å². The maximum absolute atomic E-state index is 5.06. The third-order valence-corrected chi connectivity index (χ3v) is 10.00. The highest BCUT2D eigenvalue weighted by atomic mass is 15.1. The average molecular weight is 612 g/mol. The molecular weight excluding hydrogens is 587 g/mol. The van der Waals surface area contributed by atoms with Crippen molar-refractivity contribution in [2.24, 2.45) is 0 Å². The van der Waals surface area contributed by atoms with Gasteiger partial charge in [0.2, 0.25) is 0 Å². The highest BCUT2D eigenvalue weighted by Gasteiger charge is 2.26. The van der Waals surface area contributed by atoms with Crippen LogP contribution in [0.4, 0.5) is 0 Å². The molecule has 5 heteroatoms. The van der Waals surface area contributed by atoms with Crippen LogP contribution < -0.4 is 0 Å². The van der Waals surface area contributed by atoms with Crippen molar-refractivity contribution < 1.29 is 0 Å². The molecule has 0 saturated heterocycles. The normalized spacial score (nSPS) is 12.2. The summed E-state index contributed by atoms with van der Waals surface area (Å²) in [5.41, 5.74) is 9.44. The maximum atomic E-state index is 5.06. The Morgan fingerprint density at radius 2 is 0.854 bits per heavy atom. The summed E-state index contributed by atoms with van der Waals surface area (Å²) in [5.74, 6) is 0. The Bertz CT molecular complexity index is 3070. The van der Waals surface area contributed by atoms with Crippen LogP contribution in [0.3, 0.4) is 0 Å². The van der Waals surface area contributed by atoms with Crippen molar-refractivity contribution in [3.05, 3.63) is 152 Å². The van der Waals surface area contributed by atoms with Gasteiger partial charge >= 0.3 is 0 Å². The Morgan fingerprint density at radius 3 is 1.56 bits per heavy atom. The second kappa shape index (κ2) is 9.47. The lowest BCUT2D eigenvalue weighted by atomic mass is 9.96. The number of hydrogen-bond donors (Lipinski definition) is 0. The number of benzene rings is 7. The molecule has 0 saturated carbocycles. The molecule has 0 fully saturated rings. The summed E-state index contributed by atoms with van der Waals surface area (Å²) in [5, 5.41) is 10.4. The van der Waals surface area contributed by atoms with Gasteiger partial charge in [-0.25, -0.2) is 0 Å². The predicted octanol–water partition coefficient (Wildman–Crippen LogP) is 10.7. The minimum Gasteiger partial charge on any atom is -0.307 e. The van der Waals surface area contributed by atoms with Gasteiger partial charge in [0, 0.05) is 56.6 Å². The molecule has 11 aromatic rings. The number of hydrogen-bond acceptors (Lipinski definition) is 3. The molecule has 0 spiro atoms. The maximum Gasteiger partial charge on any atom is 0.0994 e. The second-order valence-electron chi connectivity index (χ2n) is 12.4. The van der Waals surface area contributed by atoms with E-state index in [0.29, 0.717) is 0 Å². The van der Waals surface area contributed by atoms with Crippen molar-refractivity contribution in [1.29, 1.82) is 0 Å². The van der Waals surface area contributed by atoms with Gasteiger partial charge in [-0.1, -0.05) is 97.1 Å². The predicted molar refractivity (Wildman–Crippen MR) is 199 cm³/mol. The van der Waals surface area contributed by atoms with Gasteiger partial charge in [0.1, 0.15) is 0 Å². The minimum absolute atomic E-state index is 0.902. The summed E-state index contributed by atoms with van der Waals surface area (Å²) < 4.78 is 4.87. The Balaban J connectivity index is 1.48. The first-order chi connectivity index (χ1) is 23.9. The molecular formula is C43H25N5. The lowest BCUT2D eigenvalue weighted by Gasteiger charge is -2.17. The summed E-state index contributed by atoms with van der Waals surface area (Å²) in [6, 6.07) is 47.6. The lowest BCUT2D eigenvalue weighted by Crippen LogP contribution is -2.01. The largest absolute Gasteiger partial charge is 0.307 e. The van der Waals surface area contributed by atoms with E-state index in [2.05, 4.69) is 137 Å². The monoisotopic (exact) mass is 611 g/mol. The number of nitrogens with zero attached hydrogens (tertiary/aromatic N) is 5. The lowest BCUT2D eigenvalue weighted by molar-refractivity contribution is 1.16. The first-order valence-corrected chi connectivity index (χ1v) is 16.2. The minimum atomic E-state index is 0.902. The molecule has 0 amide bonds. The van der Waals surface area contributed by atoms with Crippen LogP contribution in [0, 0.1) is 0 Å². The van der Waals surface area contributed by atoms with E-state index in [1.807, 2.05) is 24.7 Å². The molecule has 4 aromatic heterocycles. The van der Waals surface area contributed by atoms with Crippen molar-refractivity contribution in [1.82, 2.24) is 24.1 Å². The fraction of sp³-hybridized carbons (Fsp3) is 0. The smallest absolute Gasteiger partial charge is 0.0994 e. The summed E-state index contributed by atoms with van der Waals surface area (Å²) in [6.07, 6.45) is 5.54. The standard InChI is InChI=1S/C43H25N5/c1-2-12-26(13-3-1)47-33-20-8-6-16-31(33)37-40-41(46-25-24-45-40)38-32-17-7-9-21-34(32)48(43(38)42(37)47)35-22-10-18-29-27-14-4-5-15-28(27)30-19-11-23-44-39(30)36(29)35/h1-25H. The third-order valence-electron chi connectivity index (χ3n) is 10.00. The Kier molecular flexibility index (Phi) is 5.05. The molecule has 11 rings (SSSR count). The summed E-state index contributed by atoms with van der Waals surface area (Å²) in [7, 11) is 0.